The highest BCUT2D eigenvalue weighted by Gasteiger charge is 2.51. The fourth-order valence-corrected chi connectivity index (χ4v) is 7.92. The van der Waals surface area contributed by atoms with Crippen molar-refractivity contribution in [2.75, 3.05) is 11.9 Å². The summed E-state index contributed by atoms with van der Waals surface area (Å²) >= 11 is 0. The predicted molar refractivity (Wildman–Crippen MR) is 170 cm³/mol. The third-order valence-electron chi connectivity index (χ3n) is 10.5. The first kappa shape index (κ1) is 34.9. The molecule has 2 heterocycles. The topological polar surface area (TPSA) is 96.3 Å². The molecule has 3 atom stereocenters. The van der Waals surface area contributed by atoms with Gasteiger partial charge >= 0.3 is 6.18 Å². The molecule has 2 aromatic rings. The number of nitrogens with one attached hydrogen (secondary N) is 2. The van der Waals surface area contributed by atoms with Gasteiger partial charge in [-0.3, -0.25) is 19.1 Å². The number of anilines is 1. The van der Waals surface area contributed by atoms with Gasteiger partial charge in [0.1, 0.15) is 23.6 Å². The van der Waals surface area contributed by atoms with Gasteiger partial charge in [-0.1, -0.05) is 70.3 Å². The minimum atomic E-state index is -4.51. The van der Waals surface area contributed by atoms with Crippen LogP contribution in [0.5, 0.6) is 0 Å². The summed E-state index contributed by atoms with van der Waals surface area (Å²) in [4.78, 5) is 41.6. The summed E-state index contributed by atoms with van der Waals surface area (Å²) in [5.41, 5.74) is 0.438. The third-order valence-corrected chi connectivity index (χ3v) is 10.5. The van der Waals surface area contributed by atoms with Crippen LogP contribution in [-0.4, -0.2) is 57.2 Å². The molecular weight excluding hydrogens is 614 g/mol. The Kier molecular flexibility index (Phi) is 11.0. The molecule has 3 fully saturated rings. The minimum absolute atomic E-state index is 0.00179. The molecule has 258 valence electrons. The molecule has 2 N–H and O–H groups in total. The molecule has 3 unspecified atom stereocenters. The largest absolute Gasteiger partial charge is 0.408 e. The van der Waals surface area contributed by atoms with Crippen LogP contribution in [0.4, 0.5) is 23.2 Å². The fourth-order valence-electron chi connectivity index (χ4n) is 7.92. The van der Waals surface area contributed by atoms with Crippen LogP contribution in [0.2, 0.25) is 0 Å². The monoisotopic (exact) mass is 661 g/mol. The maximum Gasteiger partial charge on any atom is 0.408 e. The van der Waals surface area contributed by atoms with E-state index in [0.29, 0.717) is 5.69 Å². The molecule has 1 aromatic carbocycles. The number of nitrogens with zero attached hydrogens (tertiary/aromatic N) is 3. The van der Waals surface area contributed by atoms with E-state index >= 15 is 4.39 Å². The van der Waals surface area contributed by atoms with Crippen LogP contribution in [0, 0.1) is 23.6 Å². The van der Waals surface area contributed by atoms with Gasteiger partial charge in [0.2, 0.25) is 11.8 Å². The molecule has 1 saturated heterocycles. The molecule has 5 rings (SSSR count). The van der Waals surface area contributed by atoms with Gasteiger partial charge in [0, 0.05) is 18.8 Å². The van der Waals surface area contributed by atoms with Crippen LogP contribution in [-0.2, 0) is 9.59 Å². The lowest BCUT2D eigenvalue weighted by Gasteiger charge is -2.43. The zero-order valence-corrected chi connectivity index (χ0v) is 27.5. The van der Waals surface area contributed by atoms with E-state index in [9.17, 15) is 27.6 Å². The van der Waals surface area contributed by atoms with Crippen molar-refractivity contribution in [1.29, 1.82) is 0 Å². The summed E-state index contributed by atoms with van der Waals surface area (Å²) < 4.78 is 57.0. The first-order chi connectivity index (χ1) is 22.4. The second-order valence-electron chi connectivity index (χ2n) is 13.9. The van der Waals surface area contributed by atoms with Crippen molar-refractivity contribution in [2.24, 2.45) is 17.8 Å². The molecule has 8 nitrogen and oxygen atoms in total. The third kappa shape index (κ3) is 7.83. The molecule has 3 aliphatic rings. The molecule has 2 aliphatic carbocycles. The molecule has 0 radical (unpaired) electrons. The predicted octanol–water partition coefficient (Wildman–Crippen LogP) is 7.38. The van der Waals surface area contributed by atoms with Crippen LogP contribution in [0.15, 0.2) is 30.5 Å². The van der Waals surface area contributed by atoms with E-state index in [1.54, 1.807) is 16.9 Å². The van der Waals surface area contributed by atoms with Gasteiger partial charge in [0.05, 0.1) is 11.6 Å². The smallest absolute Gasteiger partial charge is 0.339 e. The second-order valence-corrected chi connectivity index (χ2v) is 13.9. The maximum atomic E-state index is 15.6. The Morgan fingerprint density at radius 3 is 2.02 bits per heavy atom. The Morgan fingerprint density at radius 2 is 1.51 bits per heavy atom. The van der Waals surface area contributed by atoms with E-state index in [2.05, 4.69) is 15.7 Å². The Bertz CT molecular complexity index is 1400. The van der Waals surface area contributed by atoms with E-state index < -0.39 is 47.7 Å². The first-order valence-corrected chi connectivity index (χ1v) is 17.2. The summed E-state index contributed by atoms with van der Waals surface area (Å²) in [6, 6.07) is 2.69. The molecule has 0 spiro atoms. The van der Waals surface area contributed by atoms with Crippen LogP contribution >= 0.6 is 0 Å². The van der Waals surface area contributed by atoms with Gasteiger partial charge in [-0.2, -0.15) is 18.3 Å². The van der Waals surface area contributed by atoms with E-state index in [1.807, 2.05) is 13.8 Å². The average Bonchev–Trinajstić information content (AvgIpc) is 3.52. The Morgan fingerprint density at radius 1 is 0.894 bits per heavy atom. The molecule has 47 heavy (non-hydrogen) atoms. The van der Waals surface area contributed by atoms with Gasteiger partial charge in [-0.05, 0) is 68.7 Å². The first-order valence-electron chi connectivity index (χ1n) is 17.2. The van der Waals surface area contributed by atoms with E-state index in [0.717, 1.165) is 75.2 Å². The standard InChI is InChI=1S/C35H47F4N5O3/c1-21(2)44-28(16-18-40-44)32(45)42-31(30(23-10-6-4-7-11-23)24-12-8-5-9-13-24)33(46)41-27-15-14-25(20-26(27)36)22(3)34(47)43-19-17-29(43)35(37,38)39/h14-16,18,20-24,29-31H,4-13,17,19H2,1-3H3,(H,41,46)(H,42,45). The maximum absolute atomic E-state index is 15.6. The van der Waals surface area contributed by atoms with E-state index in [1.165, 1.54) is 19.1 Å². The number of rotatable bonds is 10. The van der Waals surface area contributed by atoms with Gasteiger partial charge in [-0.15, -0.1) is 0 Å². The fraction of sp³-hybridized carbons (Fsp3) is 0.657. The van der Waals surface area contributed by atoms with Crippen molar-refractivity contribution in [1.82, 2.24) is 20.0 Å². The van der Waals surface area contributed by atoms with Crippen molar-refractivity contribution in [3.63, 3.8) is 0 Å². The second kappa shape index (κ2) is 14.8. The zero-order chi connectivity index (χ0) is 33.9. The van der Waals surface area contributed by atoms with Crippen molar-refractivity contribution in [3.05, 3.63) is 47.5 Å². The Hall–Kier alpha value is -3.44. The molecule has 3 amide bonds. The molecule has 12 heteroatoms. The number of hydrogen-bond acceptors (Lipinski definition) is 4. The summed E-state index contributed by atoms with van der Waals surface area (Å²) in [5, 5.41) is 10.1. The number of carbonyl (C=O) groups is 3. The SMILES string of the molecule is CC(C(=O)N1CCC1C(F)(F)F)c1ccc(NC(=O)C(NC(=O)c2ccnn2C(C)C)C(C2CCCCC2)C2CCCCC2)c(F)c1. The number of benzene rings is 1. The normalized spacial score (nSPS) is 21.0. The Balaban J connectivity index is 1.40. The summed E-state index contributed by atoms with van der Waals surface area (Å²) in [6.07, 6.45) is 7.26. The molecule has 0 bridgehead atoms. The van der Waals surface area contributed by atoms with Gasteiger partial charge < -0.3 is 15.5 Å². The summed E-state index contributed by atoms with van der Waals surface area (Å²) in [5.74, 6) is -3.12. The lowest BCUT2D eigenvalue weighted by atomic mass is 9.66. The average molecular weight is 662 g/mol. The molecule has 1 aliphatic heterocycles. The highest BCUT2D eigenvalue weighted by Crippen LogP contribution is 2.42. The zero-order valence-electron chi connectivity index (χ0n) is 27.5. The molecule has 1 aromatic heterocycles. The summed E-state index contributed by atoms with van der Waals surface area (Å²) in [6.45, 7) is 5.28. The van der Waals surface area contributed by atoms with Gasteiger partial charge in [0.25, 0.3) is 5.91 Å². The Labute approximate surface area is 274 Å². The molecular formula is C35H47F4N5O3. The number of alkyl halides is 3. The highest BCUT2D eigenvalue weighted by atomic mass is 19.4. The lowest BCUT2D eigenvalue weighted by molar-refractivity contribution is -0.212. The lowest BCUT2D eigenvalue weighted by Crippen LogP contribution is -2.59. The van der Waals surface area contributed by atoms with E-state index in [4.69, 9.17) is 0 Å². The van der Waals surface area contributed by atoms with Crippen molar-refractivity contribution >= 4 is 23.4 Å². The van der Waals surface area contributed by atoms with Gasteiger partial charge in [0.15, 0.2) is 0 Å². The van der Waals surface area contributed by atoms with E-state index in [-0.39, 0.29) is 48.0 Å². The van der Waals surface area contributed by atoms with Crippen LogP contribution < -0.4 is 10.6 Å². The van der Waals surface area contributed by atoms with Gasteiger partial charge in [-0.25, -0.2) is 4.39 Å². The van der Waals surface area contributed by atoms with Crippen LogP contribution in [0.1, 0.15) is 119 Å². The van der Waals surface area contributed by atoms with Crippen LogP contribution in [0.25, 0.3) is 0 Å². The number of hydrogen-bond donors (Lipinski definition) is 2. The number of likely N-dealkylation sites (tertiary alicyclic amines) is 1. The number of aromatic nitrogens is 2. The number of amides is 3. The number of halogens is 4. The summed E-state index contributed by atoms with van der Waals surface area (Å²) in [7, 11) is 0. The minimum Gasteiger partial charge on any atom is -0.339 e. The van der Waals surface area contributed by atoms with Crippen molar-refractivity contribution in [3.8, 4) is 0 Å². The van der Waals surface area contributed by atoms with Crippen molar-refractivity contribution in [2.45, 2.75) is 122 Å². The highest BCUT2D eigenvalue weighted by molar-refractivity contribution is 6.01. The van der Waals surface area contributed by atoms with Crippen molar-refractivity contribution < 1.29 is 31.9 Å². The quantitative estimate of drug-likeness (QED) is 0.260. The van der Waals surface area contributed by atoms with Crippen LogP contribution in [0.3, 0.4) is 0 Å². The molecule has 2 saturated carbocycles. The number of carbonyl (C=O) groups excluding carboxylic acids is 3.